The van der Waals surface area contributed by atoms with E-state index in [-0.39, 0.29) is 0 Å². The molecule has 0 spiro atoms. The Morgan fingerprint density at radius 1 is 0.875 bits per heavy atom. The lowest BCUT2D eigenvalue weighted by atomic mass is 9.83. The first-order chi connectivity index (χ1) is 7.84. The first-order valence-electron chi connectivity index (χ1n) is 7.13. The highest BCUT2D eigenvalue weighted by molar-refractivity contribution is 4.73. The minimum atomic E-state index is 0.872. The molecule has 0 aromatic carbocycles. The summed E-state index contributed by atoms with van der Waals surface area (Å²) < 4.78 is 5.38. The first-order valence-corrected chi connectivity index (χ1v) is 7.13. The highest BCUT2D eigenvalue weighted by atomic mass is 16.5. The molecule has 0 amide bonds. The molecule has 0 atom stereocenters. The lowest BCUT2D eigenvalue weighted by Gasteiger charge is -2.28. The van der Waals surface area contributed by atoms with Crippen LogP contribution in [0.4, 0.5) is 0 Å². The summed E-state index contributed by atoms with van der Waals surface area (Å²) in [5, 5.41) is 3.68. The normalized spacial score (nSPS) is 32.8. The second-order valence-electron chi connectivity index (χ2n) is 5.84. The minimum absolute atomic E-state index is 0.872. The molecule has 1 saturated carbocycles. The predicted octanol–water partition coefficient (Wildman–Crippen LogP) is 2.83. The van der Waals surface area contributed by atoms with E-state index in [0.717, 1.165) is 31.0 Å². The van der Waals surface area contributed by atoms with Crippen LogP contribution >= 0.6 is 0 Å². The topological polar surface area (TPSA) is 21.3 Å². The fourth-order valence-electron chi connectivity index (χ4n) is 2.98. The van der Waals surface area contributed by atoms with Crippen LogP contribution in [0.2, 0.25) is 0 Å². The molecule has 2 heteroatoms. The molecule has 1 heterocycles. The zero-order chi connectivity index (χ0) is 11.2. The monoisotopic (exact) mass is 225 g/mol. The zero-order valence-electron chi connectivity index (χ0n) is 10.7. The van der Waals surface area contributed by atoms with Gasteiger partial charge in [-0.2, -0.15) is 0 Å². The van der Waals surface area contributed by atoms with Crippen molar-refractivity contribution in [3.8, 4) is 0 Å². The Kier molecular flexibility index (Phi) is 5.11. The third kappa shape index (κ3) is 4.06. The fraction of sp³-hybridized carbons (Fsp3) is 1.00. The molecule has 2 rings (SSSR count). The van der Waals surface area contributed by atoms with E-state index < -0.39 is 0 Å². The predicted molar refractivity (Wildman–Crippen MR) is 67.5 cm³/mol. The molecule has 1 aliphatic heterocycles. The quantitative estimate of drug-likeness (QED) is 0.794. The number of ether oxygens (including phenoxy) is 1. The number of hydrogen-bond acceptors (Lipinski definition) is 2. The molecule has 2 aliphatic rings. The molecule has 1 aliphatic carbocycles. The molecular formula is C14H27NO. The Balaban J connectivity index is 1.53. The molecule has 16 heavy (non-hydrogen) atoms. The average Bonchev–Trinajstić information content (AvgIpc) is 2.33. The molecule has 2 fully saturated rings. The van der Waals surface area contributed by atoms with Crippen LogP contribution in [0.15, 0.2) is 0 Å². The van der Waals surface area contributed by atoms with Gasteiger partial charge in [-0.25, -0.2) is 0 Å². The van der Waals surface area contributed by atoms with Gasteiger partial charge in [-0.15, -0.1) is 0 Å². The summed E-state index contributed by atoms with van der Waals surface area (Å²) in [6.07, 6.45) is 8.31. The fourth-order valence-corrected chi connectivity index (χ4v) is 2.98. The van der Waals surface area contributed by atoms with Crippen LogP contribution in [0, 0.1) is 17.8 Å². The molecule has 1 N–H and O–H groups in total. The van der Waals surface area contributed by atoms with Gasteiger partial charge < -0.3 is 10.1 Å². The molecule has 0 unspecified atom stereocenters. The Morgan fingerprint density at radius 3 is 2.06 bits per heavy atom. The van der Waals surface area contributed by atoms with Crippen molar-refractivity contribution in [1.29, 1.82) is 0 Å². The maximum Gasteiger partial charge on any atom is 0.0469 e. The second-order valence-corrected chi connectivity index (χ2v) is 5.84. The van der Waals surface area contributed by atoms with Crippen molar-refractivity contribution < 1.29 is 4.74 Å². The van der Waals surface area contributed by atoms with Crippen molar-refractivity contribution in [3.63, 3.8) is 0 Å². The summed E-state index contributed by atoms with van der Waals surface area (Å²) in [6.45, 7) is 6.83. The highest BCUT2D eigenvalue weighted by Gasteiger charge is 2.18. The van der Waals surface area contributed by atoms with Crippen molar-refractivity contribution >= 4 is 0 Å². The molecule has 1 saturated heterocycles. The number of hydrogen-bond donors (Lipinski definition) is 1. The van der Waals surface area contributed by atoms with Crippen molar-refractivity contribution in [1.82, 2.24) is 5.32 Å². The number of rotatable bonds is 4. The van der Waals surface area contributed by atoms with E-state index in [9.17, 15) is 0 Å². The maximum absolute atomic E-state index is 5.38. The lowest BCUT2D eigenvalue weighted by molar-refractivity contribution is 0.0658. The van der Waals surface area contributed by atoms with E-state index in [2.05, 4.69) is 12.2 Å². The van der Waals surface area contributed by atoms with E-state index in [4.69, 9.17) is 4.74 Å². The van der Waals surface area contributed by atoms with Crippen LogP contribution in [-0.2, 0) is 4.74 Å². The SMILES string of the molecule is CC1CCC(CNCC2CCOCC2)CC1. The molecule has 0 bridgehead atoms. The average molecular weight is 225 g/mol. The first kappa shape index (κ1) is 12.4. The molecular weight excluding hydrogens is 198 g/mol. The zero-order valence-corrected chi connectivity index (χ0v) is 10.7. The van der Waals surface area contributed by atoms with Gasteiger partial charge >= 0.3 is 0 Å². The molecule has 94 valence electrons. The van der Waals surface area contributed by atoms with Gasteiger partial charge in [0.15, 0.2) is 0 Å². The van der Waals surface area contributed by atoms with E-state index in [1.165, 1.54) is 51.6 Å². The molecule has 0 aromatic rings. The Bertz CT molecular complexity index is 181. The lowest BCUT2D eigenvalue weighted by Crippen LogP contribution is -2.32. The second kappa shape index (κ2) is 6.61. The third-order valence-corrected chi connectivity index (χ3v) is 4.34. The summed E-state index contributed by atoms with van der Waals surface area (Å²) >= 11 is 0. The van der Waals surface area contributed by atoms with E-state index in [1.54, 1.807) is 0 Å². The van der Waals surface area contributed by atoms with Gasteiger partial charge in [-0.3, -0.25) is 0 Å². The van der Waals surface area contributed by atoms with Crippen molar-refractivity contribution in [2.75, 3.05) is 26.3 Å². The van der Waals surface area contributed by atoms with Crippen LogP contribution in [0.3, 0.4) is 0 Å². The molecule has 0 aromatic heterocycles. The summed E-state index contributed by atoms with van der Waals surface area (Å²) in [6, 6.07) is 0. The van der Waals surface area contributed by atoms with E-state index in [0.29, 0.717) is 0 Å². The maximum atomic E-state index is 5.38. The Hall–Kier alpha value is -0.0800. The van der Waals surface area contributed by atoms with Gasteiger partial charge in [0.05, 0.1) is 0 Å². The van der Waals surface area contributed by atoms with Crippen LogP contribution in [-0.4, -0.2) is 26.3 Å². The van der Waals surface area contributed by atoms with E-state index >= 15 is 0 Å². The standard InChI is InChI=1S/C14H27NO/c1-12-2-4-13(5-3-12)10-15-11-14-6-8-16-9-7-14/h12-15H,2-11H2,1H3. The van der Waals surface area contributed by atoms with Crippen LogP contribution in [0.25, 0.3) is 0 Å². The van der Waals surface area contributed by atoms with Crippen molar-refractivity contribution in [2.24, 2.45) is 17.8 Å². The van der Waals surface area contributed by atoms with Crippen LogP contribution < -0.4 is 5.32 Å². The summed E-state index contributed by atoms with van der Waals surface area (Å²) in [4.78, 5) is 0. The number of nitrogens with one attached hydrogen (secondary N) is 1. The van der Waals surface area contributed by atoms with Gasteiger partial charge in [0.1, 0.15) is 0 Å². The van der Waals surface area contributed by atoms with Gasteiger partial charge in [-0.1, -0.05) is 19.8 Å². The van der Waals surface area contributed by atoms with Crippen molar-refractivity contribution in [3.05, 3.63) is 0 Å². The Morgan fingerprint density at radius 2 is 1.44 bits per heavy atom. The minimum Gasteiger partial charge on any atom is -0.381 e. The molecule has 0 radical (unpaired) electrons. The largest absolute Gasteiger partial charge is 0.381 e. The summed E-state index contributed by atoms with van der Waals surface area (Å²) in [5.41, 5.74) is 0. The summed E-state index contributed by atoms with van der Waals surface area (Å²) in [7, 11) is 0. The van der Waals surface area contributed by atoms with Gasteiger partial charge in [0.25, 0.3) is 0 Å². The van der Waals surface area contributed by atoms with E-state index in [1.807, 2.05) is 0 Å². The smallest absolute Gasteiger partial charge is 0.0469 e. The van der Waals surface area contributed by atoms with Gasteiger partial charge in [0, 0.05) is 13.2 Å². The summed E-state index contributed by atoms with van der Waals surface area (Å²) in [5.74, 6) is 2.80. The van der Waals surface area contributed by atoms with Gasteiger partial charge in [-0.05, 0) is 56.5 Å². The Labute approximate surface area is 100 Å². The van der Waals surface area contributed by atoms with Crippen molar-refractivity contribution in [2.45, 2.75) is 45.4 Å². The van der Waals surface area contributed by atoms with Crippen LogP contribution in [0.1, 0.15) is 45.4 Å². The van der Waals surface area contributed by atoms with Crippen LogP contribution in [0.5, 0.6) is 0 Å². The van der Waals surface area contributed by atoms with Gasteiger partial charge in [0.2, 0.25) is 0 Å². The molecule has 2 nitrogen and oxygen atoms in total. The highest BCUT2D eigenvalue weighted by Crippen LogP contribution is 2.27. The third-order valence-electron chi connectivity index (χ3n) is 4.34.